The molecule has 2 aromatic carbocycles. The first-order valence-electron chi connectivity index (χ1n) is 8.27. The minimum atomic E-state index is -1.11. The molecule has 4 rings (SSSR count). The molecule has 1 fully saturated rings. The molecule has 6 nitrogen and oxygen atoms in total. The predicted molar refractivity (Wildman–Crippen MR) is 93.1 cm³/mol. The van der Waals surface area contributed by atoms with Gasteiger partial charge in [0.1, 0.15) is 29.1 Å². The highest BCUT2D eigenvalue weighted by molar-refractivity contribution is 5.88. The van der Waals surface area contributed by atoms with Gasteiger partial charge in [-0.15, -0.1) is 0 Å². The van der Waals surface area contributed by atoms with E-state index in [9.17, 15) is 23.8 Å². The minimum absolute atomic E-state index is 0.0949. The molecule has 1 aliphatic rings. The molecular formula is C19H15F2NO5. The van der Waals surface area contributed by atoms with E-state index in [4.69, 9.17) is 9.15 Å². The minimum Gasteiger partial charge on any atom is -0.508 e. The monoisotopic (exact) mass is 375 g/mol. The number of phenolic OH excluding ortho intramolecular Hbond substituents is 2. The Bertz CT molecular complexity index is 1090. The van der Waals surface area contributed by atoms with Crippen LogP contribution in [0.4, 0.5) is 8.78 Å². The number of nitrogens with zero attached hydrogens (tertiary/aromatic N) is 1. The molecule has 2 N–H and O–H groups in total. The number of phenols is 2. The van der Waals surface area contributed by atoms with Gasteiger partial charge in [-0.1, -0.05) is 0 Å². The average Bonchev–Trinajstić information content (AvgIpc) is 3.42. The lowest BCUT2D eigenvalue weighted by Crippen LogP contribution is -2.16. The lowest BCUT2D eigenvalue weighted by molar-refractivity contribution is 0.285. The van der Waals surface area contributed by atoms with Crippen LogP contribution in [-0.4, -0.2) is 41.4 Å². The quantitative estimate of drug-likeness (QED) is 0.668. The second kappa shape index (κ2) is 6.55. The average molecular weight is 375 g/mol. The summed E-state index contributed by atoms with van der Waals surface area (Å²) in [5.74, 6) is -3.25. The van der Waals surface area contributed by atoms with Crippen LogP contribution in [0.5, 0.6) is 17.2 Å². The number of halogens is 2. The first kappa shape index (κ1) is 17.3. The molecule has 2 heterocycles. The molecule has 140 valence electrons. The molecule has 3 aromatic rings. The summed E-state index contributed by atoms with van der Waals surface area (Å²) in [5.41, 5.74) is -0.674. The van der Waals surface area contributed by atoms with Crippen molar-refractivity contribution < 1.29 is 28.1 Å². The number of hydrogen-bond acceptors (Lipinski definition) is 6. The van der Waals surface area contributed by atoms with Gasteiger partial charge < -0.3 is 19.4 Å². The summed E-state index contributed by atoms with van der Waals surface area (Å²) in [6.07, 6.45) is 0. The van der Waals surface area contributed by atoms with Crippen molar-refractivity contribution in [2.75, 3.05) is 26.2 Å². The number of rotatable bonds is 5. The van der Waals surface area contributed by atoms with E-state index in [1.807, 2.05) is 0 Å². The second-order valence-electron chi connectivity index (χ2n) is 6.25. The smallest absolute Gasteiger partial charge is 0.239 e. The summed E-state index contributed by atoms with van der Waals surface area (Å²) in [7, 11) is 0. The van der Waals surface area contributed by atoms with Crippen LogP contribution in [0.2, 0.25) is 0 Å². The fourth-order valence-electron chi connectivity index (χ4n) is 2.80. The number of benzene rings is 2. The van der Waals surface area contributed by atoms with Gasteiger partial charge in [-0.25, -0.2) is 8.78 Å². The zero-order valence-electron chi connectivity index (χ0n) is 14.0. The first-order chi connectivity index (χ1) is 12.9. The van der Waals surface area contributed by atoms with Crippen molar-refractivity contribution in [1.29, 1.82) is 0 Å². The molecule has 0 aliphatic carbocycles. The SMILES string of the molecule is O=c1c(OCCN2CC2)c(-c2ccc(F)c(F)c2)oc2cc(O)cc(O)c12. The maximum absolute atomic E-state index is 13.7. The second-order valence-corrected chi connectivity index (χ2v) is 6.25. The zero-order valence-corrected chi connectivity index (χ0v) is 14.0. The van der Waals surface area contributed by atoms with Gasteiger partial charge in [0.25, 0.3) is 0 Å². The van der Waals surface area contributed by atoms with Crippen LogP contribution < -0.4 is 10.2 Å². The van der Waals surface area contributed by atoms with Crippen LogP contribution in [0.1, 0.15) is 0 Å². The Morgan fingerprint density at radius 1 is 1.11 bits per heavy atom. The van der Waals surface area contributed by atoms with Crippen LogP contribution in [0.3, 0.4) is 0 Å². The summed E-state index contributed by atoms with van der Waals surface area (Å²) >= 11 is 0. The molecule has 0 unspecified atom stereocenters. The van der Waals surface area contributed by atoms with Gasteiger partial charge in [-0.2, -0.15) is 0 Å². The van der Waals surface area contributed by atoms with Crippen LogP contribution >= 0.6 is 0 Å². The normalized spacial score (nSPS) is 13.9. The zero-order chi connectivity index (χ0) is 19.1. The highest BCUT2D eigenvalue weighted by Crippen LogP contribution is 2.36. The van der Waals surface area contributed by atoms with Gasteiger partial charge >= 0.3 is 0 Å². The Labute approximate surface area is 151 Å². The van der Waals surface area contributed by atoms with Gasteiger partial charge in [-0.05, 0) is 18.2 Å². The van der Waals surface area contributed by atoms with Gasteiger partial charge in [0.05, 0.1) is 0 Å². The summed E-state index contributed by atoms with van der Waals surface area (Å²) in [6.45, 7) is 2.68. The third-order valence-corrected chi connectivity index (χ3v) is 4.29. The summed E-state index contributed by atoms with van der Waals surface area (Å²) in [5, 5.41) is 19.5. The van der Waals surface area contributed by atoms with E-state index in [0.29, 0.717) is 6.54 Å². The van der Waals surface area contributed by atoms with Crippen molar-refractivity contribution in [3.05, 3.63) is 52.2 Å². The molecule has 1 saturated heterocycles. The number of hydrogen-bond donors (Lipinski definition) is 2. The standard InChI is InChI=1S/C19H15F2NO5/c20-12-2-1-10(7-13(12)21)18-19(26-6-5-22-3-4-22)17(25)16-14(24)8-11(23)9-15(16)27-18/h1-2,7-9,23-24H,3-6H2. The lowest BCUT2D eigenvalue weighted by Gasteiger charge is -2.13. The van der Waals surface area contributed by atoms with E-state index >= 15 is 0 Å². The molecule has 8 heteroatoms. The largest absolute Gasteiger partial charge is 0.508 e. The molecule has 0 bridgehead atoms. The molecule has 0 spiro atoms. The molecule has 27 heavy (non-hydrogen) atoms. The summed E-state index contributed by atoms with van der Waals surface area (Å²) in [6, 6.07) is 5.21. The van der Waals surface area contributed by atoms with E-state index in [-0.39, 0.29) is 40.4 Å². The van der Waals surface area contributed by atoms with E-state index in [1.165, 1.54) is 6.07 Å². The fourth-order valence-corrected chi connectivity index (χ4v) is 2.80. The van der Waals surface area contributed by atoms with Crippen LogP contribution in [0, 0.1) is 11.6 Å². The van der Waals surface area contributed by atoms with Crippen molar-refractivity contribution in [1.82, 2.24) is 4.90 Å². The molecule has 1 aliphatic heterocycles. The number of fused-ring (bicyclic) bond motifs is 1. The van der Waals surface area contributed by atoms with E-state index < -0.39 is 22.8 Å². The van der Waals surface area contributed by atoms with E-state index in [1.54, 1.807) is 0 Å². The van der Waals surface area contributed by atoms with Crippen LogP contribution in [0.25, 0.3) is 22.3 Å². The Morgan fingerprint density at radius 3 is 2.59 bits per heavy atom. The Balaban J connectivity index is 1.90. The van der Waals surface area contributed by atoms with Gasteiger partial charge in [-0.3, -0.25) is 9.69 Å². The topological polar surface area (TPSA) is 82.9 Å². The number of aromatic hydroxyl groups is 2. The third-order valence-electron chi connectivity index (χ3n) is 4.29. The van der Waals surface area contributed by atoms with Crippen molar-refractivity contribution in [2.45, 2.75) is 0 Å². The Kier molecular flexibility index (Phi) is 4.19. The first-order valence-corrected chi connectivity index (χ1v) is 8.27. The Morgan fingerprint density at radius 2 is 1.89 bits per heavy atom. The number of ether oxygens (including phenoxy) is 1. The highest BCUT2D eigenvalue weighted by atomic mass is 19.2. The van der Waals surface area contributed by atoms with Gasteiger partial charge in [0.2, 0.25) is 11.2 Å². The third kappa shape index (κ3) is 3.31. The molecule has 0 radical (unpaired) electrons. The van der Waals surface area contributed by atoms with Crippen molar-refractivity contribution in [3.8, 4) is 28.6 Å². The van der Waals surface area contributed by atoms with E-state index in [0.717, 1.165) is 37.4 Å². The maximum atomic E-state index is 13.7. The highest BCUT2D eigenvalue weighted by Gasteiger charge is 2.23. The maximum Gasteiger partial charge on any atom is 0.239 e. The molecule has 0 amide bonds. The van der Waals surface area contributed by atoms with Crippen LogP contribution in [-0.2, 0) is 0 Å². The van der Waals surface area contributed by atoms with Crippen molar-refractivity contribution >= 4 is 11.0 Å². The molecule has 1 aromatic heterocycles. The molecular weight excluding hydrogens is 360 g/mol. The Hall–Kier alpha value is -3.13. The fraction of sp³-hybridized carbons (Fsp3) is 0.211. The molecule has 0 atom stereocenters. The molecule has 0 saturated carbocycles. The predicted octanol–water partition coefficient (Wildman–Crippen LogP) is 2.84. The van der Waals surface area contributed by atoms with Crippen molar-refractivity contribution in [3.63, 3.8) is 0 Å². The van der Waals surface area contributed by atoms with Gasteiger partial charge in [0, 0.05) is 37.3 Å². The van der Waals surface area contributed by atoms with Crippen molar-refractivity contribution in [2.24, 2.45) is 0 Å². The summed E-state index contributed by atoms with van der Waals surface area (Å²) in [4.78, 5) is 15.0. The van der Waals surface area contributed by atoms with E-state index in [2.05, 4.69) is 4.90 Å². The summed E-state index contributed by atoms with van der Waals surface area (Å²) < 4.78 is 38.2. The lowest BCUT2D eigenvalue weighted by atomic mass is 10.1. The van der Waals surface area contributed by atoms with Crippen LogP contribution in [0.15, 0.2) is 39.5 Å². The van der Waals surface area contributed by atoms with Gasteiger partial charge in [0.15, 0.2) is 17.4 Å².